The number of benzene rings is 2. The van der Waals surface area contributed by atoms with Crippen LogP contribution in [-0.4, -0.2) is 43.0 Å². The summed E-state index contributed by atoms with van der Waals surface area (Å²) in [7, 11) is 1.60. The predicted molar refractivity (Wildman–Crippen MR) is 101 cm³/mol. The third-order valence-corrected chi connectivity index (χ3v) is 4.80. The Kier molecular flexibility index (Phi) is 5.26. The normalized spacial score (nSPS) is 17.3. The Morgan fingerprint density at radius 2 is 1.88 bits per heavy atom. The van der Waals surface area contributed by atoms with Crippen LogP contribution >= 0.6 is 0 Å². The minimum absolute atomic E-state index is 0.0205. The number of hydrogen-bond donors (Lipinski definition) is 0. The largest absolute Gasteiger partial charge is 0.495 e. The van der Waals surface area contributed by atoms with Crippen molar-refractivity contribution in [1.29, 1.82) is 0 Å². The van der Waals surface area contributed by atoms with E-state index in [9.17, 15) is 9.59 Å². The first-order valence-corrected chi connectivity index (χ1v) is 8.80. The molecule has 0 N–H and O–H groups in total. The van der Waals surface area contributed by atoms with Crippen LogP contribution < -0.4 is 9.64 Å². The number of ether oxygens (including phenoxy) is 1. The molecule has 0 radical (unpaired) electrons. The quantitative estimate of drug-likeness (QED) is 0.850. The molecule has 2 aromatic carbocycles. The molecule has 1 atom stereocenters. The van der Waals surface area contributed by atoms with Crippen LogP contribution in [0.15, 0.2) is 48.5 Å². The van der Waals surface area contributed by atoms with Gasteiger partial charge >= 0.3 is 0 Å². The number of methoxy groups -OCH3 is 1. The van der Waals surface area contributed by atoms with Gasteiger partial charge in [-0.2, -0.15) is 0 Å². The number of piperazine rings is 1. The maximum absolute atomic E-state index is 12.9. The first kappa shape index (κ1) is 18.0. The minimum Gasteiger partial charge on any atom is -0.495 e. The first-order chi connectivity index (χ1) is 12.5. The van der Waals surface area contributed by atoms with Crippen molar-refractivity contribution in [3.63, 3.8) is 0 Å². The second kappa shape index (κ2) is 7.60. The average Bonchev–Trinajstić information content (AvgIpc) is 2.64. The fraction of sp³-hybridized carbons (Fsp3) is 0.333. The molecule has 1 heterocycles. The zero-order valence-electron chi connectivity index (χ0n) is 15.4. The van der Waals surface area contributed by atoms with Gasteiger partial charge in [0.05, 0.1) is 19.2 Å². The van der Waals surface area contributed by atoms with Crippen LogP contribution in [0.4, 0.5) is 5.69 Å². The van der Waals surface area contributed by atoms with Gasteiger partial charge in [-0.3, -0.25) is 9.59 Å². The van der Waals surface area contributed by atoms with Crippen molar-refractivity contribution in [3.05, 3.63) is 59.7 Å². The van der Waals surface area contributed by atoms with E-state index in [1.807, 2.05) is 55.5 Å². The van der Waals surface area contributed by atoms with Gasteiger partial charge in [0.1, 0.15) is 11.8 Å². The highest BCUT2D eigenvalue weighted by atomic mass is 16.5. The van der Waals surface area contributed by atoms with E-state index in [0.717, 1.165) is 16.8 Å². The Morgan fingerprint density at radius 3 is 2.58 bits per heavy atom. The molecule has 3 rings (SSSR count). The van der Waals surface area contributed by atoms with Crippen LogP contribution in [0.2, 0.25) is 0 Å². The third-order valence-electron chi connectivity index (χ3n) is 4.80. The van der Waals surface area contributed by atoms with Crippen molar-refractivity contribution in [2.75, 3.05) is 25.1 Å². The first-order valence-electron chi connectivity index (χ1n) is 8.80. The Labute approximate surface area is 154 Å². The van der Waals surface area contributed by atoms with Gasteiger partial charge in [-0.25, -0.2) is 0 Å². The topological polar surface area (TPSA) is 49.9 Å². The lowest BCUT2D eigenvalue weighted by atomic mass is 10.1. The molecule has 0 aliphatic carbocycles. The maximum Gasteiger partial charge on any atom is 0.249 e. The summed E-state index contributed by atoms with van der Waals surface area (Å²) < 4.78 is 5.42. The van der Waals surface area contributed by atoms with Crippen LogP contribution in [0.3, 0.4) is 0 Å². The van der Waals surface area contributed by atoms with Gasteiger partial charge in [0.15, 0.2) is 0 Å². The Balaban J connectivity index is 1.77. The molecular formula is C21H24N2O3. The molecule has 2 aromatic rings. The molecule has 0 bridgehead atoms. The van der Waals surface area contributed by atoms with Gasteiger partial charge in [0, 0.05) is 13.1 Å². The van der Waals surface area contributed by atoms with E-state index >= 15 is 0 Å². The molecule has 1 aliphatic heterocycles. The fourth-order valence-corrected chi connectivity index (χ4v) is 3.33. The van der Waals surface area contributed by atoms with Crippen LogP contribution in [0.1, 0.15) is 18.1 Å². The Hall–Kier alpha value is -2.82. The summed E-state index contributed by atoms with van der Waals surface area (Å²) in [6.45, 7) is 4.75. The lowest BCUT2D eigenvalue weighted by Gasteiger charge is -2.39. The van der Waals surface area contributed by atoms with E-state index in [4.69, 9.17) is 4.74 Å². The van der Waals surface area contributed by atoms with Crippen LogP contribution in [0.5, 0.6) is 5.75 Å². The molecule has 0 unspecified atom stereocenters. The standard InChI is InChI=1S/C21H24N2O3/c1-15-9-10-19(26-3)18(13-15)23-12-11-22(16(2)21(23)25)20(24)14-17-7-5-4-6-8-17/h4-10,13,16H,11-12,14H2,1-3H3/t16-/m0/s1. The van der Waals surface area contributed by atoms with Crippen LogP contribution in [0, 0.1) is 6.92 Å². The minimum atomic E-state index is -0.495. The summed E-state index contributed by atoms with van der Waals surface area (Å²) in [5.41, 5.74) is 2.78. The number of nitrogens with zero attached hydrogens (tertiary/aromatic N) is 2. The number of carbonyl (C=O) groups excluding carboxylic acids is 2. The SMILES string of the molecule is COc1ccc(C)cc1N1CCN(C(=O)Cc2ccccc2)[C@@H](C)C1=O. The molecule has 5 heteroatoms. The van der Waals surface area contributed by atoms with Crippen molar-refractivity contribution in [3.8, 4) is 5.75 Å². The molecule has 5 nitrogen and oxygen atoms in total. The maximum atomic E-state index is 12.9. The summed E-state index contributed by atoms with van der Waals surface area (Å²) in [5.74, 6) is 0.565. The van der Waals surface area contributed by atoms with Gasteiger partial charge in [-0.1, -0.05) is 36.4 Å². The van der Waals surface area contributed by atoms with E-state index < -0.39 is 6.04 Å². The van der Waals surface area contributed by atoms with E-state index in [2.05, 4.69) is 0 Å². The van der Waals surface area contributed by atoms with Gasteiger partial charge < -0.3 is 14.5 Å². The Bertz CT molecular complexity index is 804. The number of hydrogen-bond acceptors (Lipinski definition) is 3. The number of amides is 2. The number of anilines is 1. The second-order valence-corrected chi connectivity index (χ2v) is 6.59. The van der Waals surface area contributed by atoms with Gasteiger partial charge in [0.2, 0.25) is 11.8 Å². The van der Waals surface area contributed by atoms with Crippen molar-refractivity contribution in [2.45, 2.75) is 26.3 Å². The lowest BCUT2D eigenvalue weighted by molar-refractivity contribution is -0.140. The zero-order chi connectivity index (χ0) is 18.7. The number of rotatable bonds is 4. The lowest BCUT2D eigenvalue weighted by Crippen LogP contribution is -2.58. The number of aryl methyl sites for hydroxylation is 1. The molecule has 2 amide bonds. The van der Waals surface area contributed by atoms with E-state index in [1.54, 1.807) is 23.8 Å². The molecular weight excluding hydrogens is 328 g/mol. The summed E-state index contributed by atoms with van der Waals surface area (Å²) in [6.07, 6.45) is 0.312. The van der Waals surface area contributed by atoms with Crippen molar-refractivity contribution < 1.29 is 14.3 Å². The second-order valence-electron chi connectivity index (χ2n) is 6.59. The molecule has 26 heavy (non-hydrogen) atoms. The van der Waals surface area contributed by atoms with Gasteiger partial charge in [-0.15, -0.1) is 0 Å². The van der Waals surface area contributed by atoms with E-state index in [0.29, 0.717) is 25.3 Å². The Morgan fingerprint density at radius 1 is 1.15 bits per heavy atom. The summed E-state index contributed by atoms with van der Waals surface area (Å²) in [6, 6.07) is 14.9. The van der Waals surface area contributed by atoms with Gasteiger partial charge in [-0.05, 0) is 37.1 Å². The summed E-state index contributed by atoms with van der Waals surface area (Å²) >= 11 is 0. The molecule has 1 fully saturated rings. The van der Waals surface area contributed by atoms with E-state index in [1.165, 1.54) is 0 Å². The smallest absolute Gasteiger partial charge is 0.249 e. The molecule has 1 saturated heterocycles. The monoisotopic (exact) mass is 352 g/mol. The molecule has 0 saturated carbocycles. The highest BCUT2D eigenvalue weighted by Crippen LogP contribution is 2.31. The highest BCUT2D eigenvalue weighted by molar-refractivity contribution is 6.01. The molecule has 0 aromatic heterocycles. The predicted octanol–water partition coefficient (Wildman–Crippen LogP) is 2.81. The molecule has 0 spiro atoms. The average molecular weight is 352 g/mol. The molecule has 136 valence electrons. The van der Waals surface area contributed by atoms with Crippen molar-refractivity contribution in [2.24, 2.45) is 0 Å². The van der Waals surface area contributed by atoms with Crippen LogP contribution in [0.25, 0.3) is 0 Å². The third kappa shape index (κ3) is 3.57. The van der Waals surface area contributed by atoms with E-state index in [-0.39, 0.29) is 11.8 Å². The summed E-state index contributed by atoms with van der Waals surface area (Å²) in [5, 5.41) is 0. The van der Waals surface area contributed by atoms with Crippen molar-refractivity contribution >= 4 is 17.5 Å². The van der Waals surface area contributed by atoms with Crippen LogP contribution in [-0.2, 0) is 16.0 Å². The number of carbonyl (C=O) groups is 2. The summed E-state index contributed by atoms with van der Waals surface area (Å²) in [4.78, 5) is 29.0. The van der Waals surface area contributed by atoms with Crippen molar-refractivity contribution in [1.82, 2.24) is 4.90 Å². The fourth-order valence-electron chi connectivity index (χ4n) is 3.33. The highest BCUT2D eigenvalue weighted by Gasteiger charge is 2.35. The molecule has 1 aliphatic rings. The van der Waals surface area contributed by atoms with Gasteiger partial charge in [0.25, 0.3) is 0 Å². The zero-order valence-corrected chi connectivity index (χ0v) is 15.4.